The Morgan fingerprint density at radius 3 is 2.71 bits per heavy atom. The first-order chi connectivity index (χ1) is 10.1. The minimum absolute atomic E-state index is 0.328. The van der Waals surface area contributed by atoms with E-state index in [4.69, 9.17) is 10.1 Å². The van der Waals surface area contributed by atoms with Crippen LogP contribution in [0.3, 0.4) is 0 Å². The molecule has 2 aromatic rings. The van der Waals surface area contributed by atoms with E-state index < -0.39 is 5.97 Å². The van der Waals surface area contributed by atoms with Crippen LogP contribution in [0, 0.1) is 5.92 Å². The maximum absolute atomic E-state index is 11.1. The largest absolute Gasteiger partial charge is 0.478 e. The summed E-state index contributed by atoms with van der Waals surface area (Å²) in [6, 6.07) is 5.91. The number of aromatic nitrogens is 2. The van der Waals surface area contributed by atoms with E-state index in [2.05, 4.69) is 11.5 Å². The van der Waals surface area contributed by atoms with Gasteiger partial charge in [0.15, 0.2) is 0 Å². The molecule has 2 fully saturated rings. The average Bonchev–Trinajstić information content (AvgIpc) is 3.11. The average molecular weight is 284 g/mol. The monoisotopic (exact) mass is 284 g/mol. The van der Waals surface area contributed by atoms with Crippen molar-refractivity contribution < 1.29 is 9.90 Å². The molecule has 0 saturated heterocycles. The number of carboxylic acids is 1. The number of nitrogens with zero attached hydrogens (tertiary/aromatic N) is 2. The number of hydrogen-bond acceptors (Lipinski definition) is 2. The number of hydrogen-bond donors (Lipinski definition) is 1. The van der Waals surface area contributed by atoms with Crippen molar-refractivity contribution in [3.05, 3.63) is 29.6 Å². The molecule has 2 unspecified atom stereocenters. The van der Waals surface area contributed by atoms with E-state index in [9.17, 15) is 4.79 Å². The third-order valence-electron chi connectivity index (χ3n) is 4.94. The van der Waals surface area contributed by atoms with Crippen molar-refractivity contribution in [2.24, 2.45) is 5.92 Å². The quantitative estimate of drug-likeness (QED) is 0.927. The highest BCUT2D eigenvalue weighted by atomic mass is 16.4. The summed E-state index contributed by atoms with van der Waals surface area (Å²) in [6.07, 6.45) is 6.15. The lowest BCUT2D eigenvalue weighted by Crippen LogP contribution is -2.09. The molecule has 110 valence electrons. The van der Waals surface area contributed by atoms with E-state index in [0.717, 1.165) is 17.0 Å². The van der Waals surface area contributed by atoms with Gasteiger partial charge < -0.3 is 9.67 Å². The van der Waals surface area contributed by atoms with Gasteiger partial charge in [-0.2, -0.15) is 0 Å². The minimum Gasteiger partial charge on any atom is -0.478 e. The van der Waals surface area contributed by atoms with Gasteiger partial charge in [-0.3, -0.25) is 0 Å². The number of carboxylic acid groups (broad SMARTS) is 1. The molecule has 2 atom stereocenters. The van der Waals surface area contributed by atoms with E-state index in [1.165, 1.54) is 37.9 Å². The Bertz CT molecular complexity index is 715. The van der Waals surface area contributed by atoms with Crippen molar-refractivity contribution in [1.29, 1.82) is 0 Å². The van der Waals surface area contributed by atoms with E-state index in [0.29, 0.717) is 17.5 Å². The van der Waals surface area contributed by atoms with E-state index >= 15 is 0 Å². The van der Waals surface area contributed by atoms with Gasteiger partial charge in [0, 0.05) is 12.0 Å². The number of carbonyl (C=O) groups is 1. The van der Waals surface area contributed by atoms with Crippen LogP contribution >= 0.6 is 0 Å². The predicted molar refractivity (Wildman–Crippen MR) is 80.7 cm³/mol. The molecule has 0 bridgehead atoms. The molecule has 1 N–H and O–H groups in total. The molecule has 2 aliphatic carbocycles. The highest BCUT2D eigenvalue weighted by molar-refractivity contribution is 5.92. The fourth-order valence-corrected chi connectivity index (χ4v) is 3.68. The van der Waals surface area contributed by atoms with Crippen LogP contribution in [0.15, 0.2) is 18.2 Å². The summed E-state index contributed by atoms with van der Waals surface area (Å²) >= 11 is 0. The molecule has 0 aliphatic heterocycles. The van der Waals surface area contributed by atoms with Crippen LogP contribution in [-0.4, -0.2) is 20.6 Å². The first kappa shape index (κ1) is 12.9. The van der Waals surface area contributed by atoms with Gasteiger partial charge in [0.05, 0.1) is 16.6 Å². The predicted octanol–water partition coefficient (Wildman–Crippen LogP) is 3.97. The minimum atomic E-state index is -0.881. The summed E-state index contributed by atoms with van der Waals surface area (Å²) in [5.74, 6) is 1.67. The smallest absolute Gasteiger partial charge is 0.335 e. The zero-order valence-electron chi connectivity index (χ0n) is 12.2. The van der Waals surface area contributed by atoms with Gasteiger partial charge in [0.1, 0.15) is 5.82 Å². The van der Waals surface area contributed by atoms with Crippen molar-refractivity contribution in [2.75, 3.05) is 0 Å². The lowest BCUT2D eigenvalue weighted by Gasteiger charge is -2.16. The van der Waals surface area contributed by atoms with Crippen LogP contribution < -0.4 is 0 Å². The molecule has 1 aromatic carbocycles. The van der Waals surface area contributed by atoms with Crippen molar-refractivity contribution in [3.63, 3.8) is 0 Å². The normalized spacial score (nSPS) is 25.6. The van der Waals surface area contributed by atoms with Gasteiger partial charge in [-0.05, 0) is 56.2 Å². The van der Waals surface area contributed by atoms with Crippen LogP contribution in [0.5, 0.6) is 0 Å². The molecule has 0 amide bonds. The molecular formula is C17H20N2O2. The van der Waals surface area contributed by atoms with Crippen molar-refractivity contribution in [3.8, 4) is 0 Å². The van der Waals surface area contributed by atoms with Gasteiger partial charge in [-0.1, -0.05) is 6.92 Å². The second-order valence-electron chi connectivity index (χ2n) is 6.69. The Kier molecular flexibility index (Phi) is 2.81. The molecule has 4 nitrogen and oxygen atoms in total. The molecule has 4 heteroatoms. The van der Waals surface area contributed by atoms with Gasteiger partial charge in [0.2, 0.25) is 0 Å². The van der Waals surface area contributed by atoms with Crippen LogP contribution in [0.1, 0.15) is 67.2 Å². The van der Waals surface area contributed by atoms with Gasteiger partial charge in [-0.15, -0.1) is 0 Å². The third-order valence-corrected chi connectivity index (χ3v) is 4.94. The Hall–Kier alpha value is -1.84. The molecule has 1 heterocycles. The maximum Gasteiger partial charge on any atom is 0.335 e. The van der Waals surface area contributed by atoms with E-state index in [1.807, 2.05) is 6.07 Å². The highest BCUT2D eigenvalue weighted by Gasteiger charge is 2.34. The number of imidazole rings is 1. The molecule has 2 saturated carbocycles. The Balaban J connectivity index is 1.86. The fraction of sp³-hybridized carbons (Fsp3) is 0.529. The molecule has 4 rings (SSSR count). The zero-order valence-corrected chi connectivity index (χ0v) is 12.2. The van der Waals surface area contributed by atoms with Crippen LogP contribution in [0.2, 0.25) is 0 Å². The number of fused-ring (bicyclic) bond motifs is 1. The summed E-state index contributed by atoms with van der Waals surface area (Å²) in [7, 11) is 0. The second kappa shape index (κ2) is 4.58. The van der Waals surface area contributed by atoms with Crippen molar-refractivity contribution in [1.82, 2.24) is 9.55 Å². The summed E-state index contributed by atoms with van der Waals surface area (Å²) in [5.41, 5.74) is 2.28. The Morgan fingerprint density at radius 1 is 1.29 bits per heavy atom. The maximum atomic E-state index is 11.1. The van der Waals surface area contributed by atoms with E-state index in [1.54, 1.807) is 12.1 Å². The number of aromatic carboxylic acids is 1. The van der Waals surface area contributed by atoms with Crippen LogP contribution in [0.4, 0.5) is 0 Å². The first-order valence-electron chi connectivity index (χ1n) is 7.88. The zero-order chi connectivity index (χ0) is 14.6. The van der Waals surface area contributed by atoms with E-state index in [-0.39, 0.29) is 0 Å². The molecule has 21 heavy (non-hydrogen) atoms. The Morgan fingerprint density at radius 2 is 2.10 bits per heavy atom. The number of benzene rings is 1. The highest BCUT2D eigenvalue weighted by Crippen LogP contribution is 2.45. The molecule has 1 aromatic heterocycles. The number of rotatable bonds is 3. The Labute approximate surface area is 123 Å². The van der Waals surface area contributed by atoms with Crippen molar-refractivity contribution in [2.45, 2.75) is 51.0 Å². The lowest BCUT2D eigenvalue weighted by atomic mass is 10.1. The lowest BCUT2D eigenvalue weighted by molar-refractivity contribution is 0.0697. The summed E-state index contributed by atoms with van der Waals surface area (Å²) < 4.78 is 2.42. The third kappa shape index (κ3) is 2.13. The summed E-state index contributed by atoms with van der Waals surface area (Å²) in [6.45, 7) is 2.32. The van der Waals surface area contributed by atoms with Crippen LogP contribution in [0.25, 0.3) is 11.0 Å². The van der Waals surface area contributed by atoms with Crippen LogP contribution in [-0.2, 0) is 0 Å². The summed E-state index contributed by atoms with van der Waals surface area (Å²) in [4.78, 5) is 15.9. The standard InChI is InChI=1S/C17H20N2O2/c1-10-2-6-13(8-10)19-15-7-5-12(17(20)21)9-14(15)18-16(19)11-3-4-11/h5,7,9-11,13H,2-4,6,8H2,1H3,(H,20,21). The molecule has 2 aliphatic rings. The molecule has 0 spiro atoms. The molecule has 0 radical (unpaired) electrons. The SMILES string of the molecule is CC1CCC(n2c(C3CC3)nc3cc(C(=O)O)ccc32)C1. The topological polar surface area (TPSA) is 55.1 Å². The van der Waals surface area contributed by atoms with Crippen molar-refractivity contribution >= 4 is 17.0 Å². The summed E-state index contributed by atoms with van der Waals surface area (Å²) in [5, 5.41) is 9.15. The second-order valence-corrected chi connectivity index (χ2v) is 6.69. The molecular weight excluding hydrogens is 264 g/mol. The van der Waals surface area contributed by atoms with Gasteiger partial charge in [0.25, 0.3) is 0 Å². The van der Waals surface area contributed by atoms with Gasteiger partial charge >= 0.3 is 5.97 Å². The van der Waals surface area contributed by atoms with Gasteiger partial charge in [-0.25, -0.2) is 9.78 Å². The fourth-order valence-electron chi connectivity index (χ4n) is 3.68. The first-order valence-corrected chi connectivity index (χ1v) is 7.88.